The molecule has 0 aromatic heterocycles. The molecule has 0 bridgehead atoms. The maximum Gasteiger partial charge on any atom is 0.00674 e. The Kier molecular flexibility index (Phi) is 3.34. The van der Waals surface area contributed by atoms with Gasteiger partial charge in [0.15, 0.2) is 0 Å². The van der Waals surface area contributed by atoms with Crippen LogP contribution in [0.3, 0.4) is 0 Å². The maximum absolute atomic E-state index is 3.68. The fourth-order valence-corrected chi connectivity index (χ4v) is 2.18. The van der Waals surface area contributed by atoms with E-state index in [2.05, 4.69) is 50.4 Å². The van der Waals surface area contributed by atoms with Gasteiger partial charge in [-0.2, -0.15) is 0 Å². The van der Waals surface area contributed by atoms with Crippen molar-refractivity contribution < 1.29 is 0 Å². The Labute approximate surface area is 99.3 Å². The molecule has 1 aromatic carbocycles. The molecule has 1 saturated carbocycles. The average molecular weight is 217 g/mol. The first-order valence-electron chi connectivity index (χ1n) is 6.38. The van der Waals surface area contributed by atoms with Crippen molar-refractivity contribution in [1.29, 1.82) is 0 Å². The van der Waals surface area contributed by atoms with Crippen molar-refractivity contribution in [2.24, 2.45) is 0 Å². The molecule has 1 nitrogen and oxygen atoms in total. The quantitative estimate of drug-likeness (QED) is 0.815. The SMILES string of the molecule is Cc1cccc(C(C)(C)CNC2CCC2)c1. The van der Waals surface area contributed by atoms with Crippen LogP contribution in [0.2, 0.25) is 0 Å². The van der Waals surface area contributed by atoms with Gasteiger partial charge < -0.3 is 5.32 Å². The van der Waals surface area contributed by atoms with Crippen LogP contribution in [0, 0.1) is 6.92 Å². The molecule has 1 aliphatic rings. The van der Waals surface area contributed by atoms with E-state index in [4.69, 9.17) is 0 Å². The molecular weight excluding hydrogens is 194 g/mol. The third-order valence-corrected chi connectivity index (χ3v) is 3.74. The minimum absolute atomic E-state index is 0.238. The van der Waals surface area contributed by atoms with Gasteiger partial charge in [0, 0.05) is 18.0 Å². The molecule has 2 rings (SSSR count). The van der Waals surface area contributed by atoms with Crippen molar-refractivity contribution in [3.63, 3.8) is 0 Å². The zero-order valence-electron chi connectivity index (χ0n) is 10.7. The van der Waals surface area contributed by atoms with E-state index < -0.39 is 0 Å². The zero-order chi connectivity index (χ0) is 11.6. The Morgan fingerprint density at radius 1 is 1.31 bits per heavy atom. The molecule has 0 atom stereocenters. The van der Waals surface area contributed by atoms with Crippen LogP contribution in [0.15, 0.2) is 24.3 Å². The van der Waals surface area contributed by atoms with E-state index in [1.165, 1.54) is 30.4 Å². The minimum Gasteiger partial charge on any atom is -0.313 e. The molecule has 1 heteroatoms. The first-order chi connectivity index (χ1) is 7.58. The lowest BCUT2D eigenvalue weighted by Gasteiger charge is -2.33. The van der Waals surface area contributed by atoms with E-state index in [1.54, 1.807) is 0 Å². The number of aryl methyl sites for hydroxylation is 1. The van der Waals surface area contributed by atoms with Crippen LogP contribution in [0.4, 0.5) is 0 Å². The van der Waals surface area contributed by atoms with Gasteiger partial charge >= 0.3 is 0 Å². The normalized spacial score (nSPS) is 17.2. The van der Waals surface area contributed by atoms with E-state index in [0.29, 0.717) is 0 Å². The lowest BCUT2D eigenvalue weighted by Crippen LogP contribution is -2.42. The van der Waals surface area contributed by atoms with Gasteiger partial charge in [0.05, 0.1) is 0 Å². The Bertz CT molecular complexity index is 350. The van der Waals surface area contributed by atoms with E-state index in [1.807, 2.05) is 0 Å². The Morgan fingerprint density at radius 2 is 2.06 bits per heavy atom. The summed E-state index contributed by atoms with van der Waals surface area (Å²) in [5.41, 5.74) is 3.04. The van der Waals surface area contributed by atoms with Gasteiger partial charge in [-0.15, -0.1) is 0 Å². The second-order valence-electron chi connectivity index (χ2n) is 5.76. The predicted octanol–water partition coefficient (Wildman–Crippen LogP) is 3.41. The van der Waals surface area contributed by atoms with Crippen LogP contribution in [-0.2, 0) is 5.41 Å². The highest BCUT2D eigenvalue weighted by Crippen LogP contribution is 2.25. The lowest BCUT2D eigenvalue weighted by atomic mass is 9.82. The van der Waals surface area contributed by atoms with Crippen LogP contribution in [-0.4, -0.2) is 12.6 Å². The molecule has 0 saturated heterocycles. The van der Waals surface area contributed by atoms with Crippen LogP contribution in [0.25, 0.3) is 0 Å². The molecule has 0 amide bonds. The Balaban J connectivity index is 1.99. The van der Waals surface area contributed by atoms with Crippen molar-refractivity contribution in [3.8, 4) is 0 Å². The van der Waals surface area contributed by atoms with Gasteiger partial charge in [0.25, 0.3) is 0 Å². The molecular formula is C15H23N. The molecule has 1 N–H and O–H groups in total. The zero-order valence-corrected chi connectivity index (χ0v) is 10.7. The first-order valence-corrected chi connectivity index (χ1v) is 6.38. The summed E-state index contributed by atoms with van der Waals surface area (Å²) in [4.78, 5) is 0. The van der Waals surface area contributed by atoms with Crippen LogP contribution >= 0.6 is 0 Å². The van der Waals surface area contributed by atoms with E-state index >= 15 is 0 Å². The summed E-state index contributed by atoms with van der Waals surface area (Å²) in [6.45, 7) is 7.90. The predicted molar refractivity (Wildman–Crippen MR) is 69.8 cm³/mol. The third kappa shape index (κ3) is 2.65. The molecule has 0 radical (unpaired) electrons. The van der Waals surface area contributed by atoms with Gasteiger partial charge in [0.1, 0.15) is 0 Å². The van der Waals surface area contributed by atoms with Gasteiger partial charge in [-0.1, -0.05) is 50.1 Å². The maximum atomic E-state index is 3.68. The monoisotopic (exact) mass is 217 g/mol. The summed E-state index contributed by atoms with van der Waals surface area (Å²) in [6, 6.07) is 9.66. The number of rotatable bonds is 4. The van der Waals surface area contributed by atoms with E-state index in [9.17, 15) is 0 Å². The molecule has 1 aliphatic carbocycles. The average Bonchev–Trinajstić information content (AvgIpc) is 2.15. The van der Waals surface area contributed by atoms with Crippen molar-refractivity contribution in [1.82, 2.24) is 5.32 Å². The van der Waals surface area contributed by atoms with E-state index in [-0.39, 0.29) is 5.41 Å². The van der Waals surface area contributed by atoms with Crippen LogP contribution < -0.4 is 5.32 Å². The molecule has 1 aromatic rings. The summed E-state index contributed by atoms with van der Waals surface area (Å²) in [5, 5.41) is 3.68. The topological polar surface area (TPSA) is 12.0 Å². The van der Waals surface area contributed by atoms with Crippen LogP contribution in [0.1, 0.15) is 44.2 Å². The Morgan fingerprint density at radius 3 is 2.62 bits per heavy atom. The van der Waals surface area contributed by atoms with E-state index in [0.717, 1.165) is 12.6 Å². The van der Waals surface area contributed by atoms with Crippen molar-refractivity contribution in [2.45, 2.75) is 51.5 Å². The highest BCUT2D eigenvalue weighted by Gasteiger charge is 2.24. The third-order valence-electron chi connectivity index (χ3n) is 3.74. The van der Waals surface area contributed by atoms with Gasteiger partial charge in [-0.05, 0) is 25.3 Å². The number of hydrogen-bond donors (Lipinski definition) is 1. The fraction of sp³-hybridized carbons (Fsp3) is 0.600. The van der Waals surface area contributed by atoms with Gasteiger partial charge in [0.2, 0.25) is 0 Å². The lowest BCUT2D eigenvalue weighted by molar-refractivity contribution is 0.311. The molecule has 0 heterocycles. The molecule has 0 unspecified atom stereocenters. The molecule has 16 heavy (non-hydrogen) atoms. The standard InChI is InChI=1S/C15H23N/c1-12-6-4-7-13(10-12)15(2,3)11-16-14-8-5-9-14/h4,6-7,10,14,16H,5,8-9,11H2,1-3H3. The molecule has 88 valence electrons. The van der Waals surface area contributed by atoms with Gasteiger partial charge in [-0.25, -0.2) is 0 Å². The summed E-state index contributed by atoms with van der Waals surface area (Å²) in [6.07, 6.45) is 4.14. The molecule has 0 spiro atoms. The summed E-state index contributed by atoms with van der Waals surface area (Å²) in [5.74, 6) is 0. The molecule has 1 fully saturated rings. The smallest absolute Gasteiger partial charge is 0.00674 e. The second-order valence-corrected chi connectivity index (χ2v) is 5.76. The van der Waals surface area contributed by atoms with Crippen molar-refractivity contribution >= 4 is 0 Å². The first kappa shape index (κ1) is 11.7. The second kappa shape index (κ2) is 4.58. The highest BCUT2D eigenvalue weighted by atomic mass is 14.9. The summed E-state index contributed by atoms with van der Waals surface area (Å²) in [7, 11) is 0. The number of hydrogen-bond acceptors (Lipinski definition) is 1. The summed E-state index contributed by atoms with van der Waals surface area (Å²) < 4.78 is 0. The van der Waals surface area contributed by atoms with Crippen LogP contribution in [0.5, 0.6) is 0 Å². The summed E-state index contributed by atoms with van der Waals surface area (Å²) >= 11 is 0. The van der Waals surface area contributed by atoms with Crippen molar-refractivity contribution in [2.75, 3.05) is 6.54 Å². The Hall–Kier alpha value is -0.820. The molecule has 0 aliphatic heterocycles. The number of nitrogens with one attached hydrogen (secondary N) is 1. The number of benzene rings is 1. The largest absolute Gasteiger partial charge is 0.313 e. The van der Waals surface area contributed by atoms with Gasteiger partial charge in [-0.3, -0.25) is 0 Å². The highest BCUT2D eigenvalue weighted by molar-refractivity contribution is 5.28. The van der Waals surface area contributed by atoms with Crippen molar-refractivity contribution in [3.05, 3.63) is 35.4 Å². The fourth-order valence-electron chi connectivity index (χ4n) is 2.18. The minimum atomic E-state index is 0.238.